The first kappa shape index (κ1) is 18.9. The molecule has 146 valence electrons. The van der Waals surface area contributed by atoms with E-state index < -0.39 is 0 Å². The Labute approximate surface area is 171 Å². The Kier molecular flexibility index (Phi) is 5.37. The molecule has 2 aromatic heterocycles. The zero-order chi connectivity index (χ0) is 20.2. The molecule has 0 atom stereocenters. The molecule has 4 aromatic rings. The minimum atomic E-state index is -0.191. The number of halogens is 1. The monoisotopic (exact) mass is 409 g/mol. The van der Waals surface area contributed by atoms with E-state index in [1.807, 2.05) is 30.3 Å². The second-order valence-corrected chi connectivity index (χ2v) is 6.42. The first-order valence-corrected chi connectivity index (χ1v) is 9.10. The molecule has 0 saturated heterocycles. The molecule has 0 fully saturated rings. The van der Waals surface area contributed by atoms with Gasteiger partial charge in [0.1, 0.15) is 18.0 Å². The molecule has 0 amide bonds. The smallest absolute Gasteiger partial charge is 0.267 e. The lowest BCUT2D eigenvalue weighted by molar-refractivity contribution is 0.197. The van der Waals surface area contributed by atoms with Gasteiger partial charge in [-0.3, -0.25) is 0 Å². The highest BCUT2D eigenvalue weighted by Crippen LogP contribution is 2.35. The molecule has 0 bridgehead atoms. The van der Waals surface area contributed by atoms with Crippen molar-refractivity contribution in [1.29, 1.82) is 0 Å². The van der Waals surface area contributed by atoms with Crippen molar-refractivity contribution in [2.45, 2.75) is 0 Å². The summed E-state index contributed by atoms with van der Waals surface area (Å²) in [5, 5.41) is 13.8. The van der Waals surface area contributed by atoms with E-state index in [-0.39, 0.29) is 36.4 Å². The van der Waals surface area contributed by atoms with Gasteiger partial charge in [0.15, 0.2) is 5.82 Å². The normalized spacial score (nSPS) is 10.8. The van der Waals surface area contributed by atoms with Crippen molar-refractivity contribution in [3.8, 4) is 40.1 Å². The lowest BCUT2D eigenvalue weighted by Crippen LogP contribution is -2.08. The summed E-state index contributed by atoms with van der Waals surface area (Å²) in [7, 11) is 0. The van der Waals surface area contributed by atoms with Crippen LogP contribution in [0.5, 0.6) is 5.88 Å². The van der Waals surface area contributed by atoms with E-state index in [4.69, 9.17) is 31.7 Å². The molecule has 9 heteroatoms. The highest BCUT2D eigenvalue weighted by molar-refractivity contribution is 6.30. The number of aliphatic hydroxyl groups excluding tert-OH is 1. The predicted octanol–water partition coefficient (Wildman–Crippen LogP) is 3.47. The SMILES string of the molecule is Nc1nc(-c2ccccc2)nc(OCCO)c1-c1nc(-c2ccc(Cl)cc2)no1. The van der Waals surface area contributed by atoms with Crippen LogP contribution in [-0.2, 0) is 0 Å². The first-order valence-electron chi connectivity index (χ1n) is 8.72. The first-order chi connectivity index (χ1) is 14.2. The minimum Gasteiger partial charge on any atom is -0.475 e. The topological polar surface area (TPSA) is 120 Å². The van der Waals surface area contributed by atoms with E-state index in [1.165, 1.54) is 0 Å². The van der Waals surface area contributed by atoms with Crippen LogP contribution >= 0.6 is 11.6 Å². The molecule has 0 unspecified atom stereocenters. The number of ether oxygens (including phenoxy) is 1. The zero-order valence-electron chi connectivity index (χ0n) is 15.1. The van der Waals surface area contributed by atoms with Crippen molar-refractivity contribution in [2.24, 2.45) is 0 Å². The number of aliphatic hydroxyl groups is 1. The summed E-state index contributed by atoms with van der Waals surface area (Å²) in [5.74, 6) is 1.13. The van der Waals surface area contributed by atoms with E-state index in [0.29, 0.717) is 16.7 Å². The molecular formula is C20H16ClN5O3. The number of hydrogen-bond acceptors (Lipinski definition) is 8. The van der Waals surface area contributed by atoms with Gasteiger partial charge in [0.2, 0.25) is 11.7 Å². The van der Waals surface area contributed by atoms with Crippen molar-refractivity contribution in [2.75, 3.05) is 18.9 Å². The highest BCUT2D eigenvalue weighted by atomic mass is 35.5. The maximum Gasteiger partial charge on any atom is 0.267 e. The summed E-state index contributed by atoms with van der Waals surface area (Å²) >= 11 is 5.92. The zero-order valence-corrected chi connectivity index (χ0v) is 15.9. The molecule has 0 aliphatic rings. The van der Waals surface area contributed by atoms with Gasteiger partial charge in [-0.25, -0.2) is 4.98 Å². The fraction of sp³-hybridized carbons (Fsp3) is 0.100. The van der Waals surface area contributed by atoms with Gasteiger partial charge in [0.05, 0.1) is 6.61 Å². The van der Waals surface area contributed by atoms with Crippen LogP contribution < -0.4 is 10.5 Å². The molecule has 2 heterocycles. The van der Waals surface area contributed by atoms with Crippen molar-refractivity contribution in [1.82, 2.24) is 20.1 Å². The summed E-state index contributed by atoms with van der Waals surface area (Å²) < 4.78 is 11.0. The van der Waals surface area contributed by atoms with Gasteiger partial charge in [-0.05, 0) is 24.3 Å². The molecule has 0 saturated carbocycles. The number of nitrogens with zero attached hydrogens (tertiary/aromatic N) is 4. The van der Waals surface area contributed by atoms with E-state index >= 15 is 0 Å². The third kappa shape index (κ3) is 4.03. The molecule has 3 N–H and O–H groups in total. The van der Waals surface area contributed by atoms with Crippen molar-refractivity contribution in [3.05, 3.63) is 59.6 Å². The Morgan fingerprint density at radius 1 is 0.931 bits per heavy atom. The van der Waals surface area contributed by atoms with Gasteiger partial charge in [0.25, 0.3) is 5.89 Å². The Morgan fingerprint density at radius 3 is 2.38 bits per heavy atom. The van der Waals surface area contributed by atoms with Crippen LogP contribution in [0.25, 0.3) is 34.2 Å². The van der Waals surface area contributed by atoms with Crippen molar-refractivity contribution < 1.29 is 14.4 Å². The Bertz CT molecular complexity index is 1120. The van der Waals surface area contributed by atoms with Gasteiger partial charge in [0, 0.05) is 16.1 Å². The number of rotatable bonds is 6. The van der Waals surface area contributed by atoms with E-state index in [9.17, 15) is 0 Å². The summed E-state index contributed by atoms with van der Waals surface area (Å²) in [4.78, 5) is 13.2. The van der Waals surface area contributed by atoms with Crippen LogP contribution in [0, 0.1) is 0 Å². The Hall–Kier alpha value is -3.49. The number of nitrogens with two attached hydrogens (primary N) is 1. The third-order valence-electron chi connectivity index (χ3n) is 4.01. The molecule has 2 aromatic carbocycles. The summed E-state index contributed by atoms with van der Waals surface area (Å²) in [6.45, 7) is -0.167. The maximum atomic E-state index is 9.16. The van der Waals surface area contributed by atoms with E-state index in [2.05, 4.69) is 20.1 Å². The number of aromatic nitrogens is 4. The Morgan fingerprint density at radius 2 is 1.66 bits per heavy atom. The van der Waals surface area contributed by atoms with Crippen LogP contribution in [0.1, 0.15) is 0 Å². The van der Waals surface area contributed by atoms with Gasteiger partial charge >= 0.3 is 0 Å². The van der Waals surface area contributed by atoms with Crippen LogP contribution in [0.4, 0.5) is 5.82 Å². The number of anilines is 1. The van der Waals surface area contributed by atoms with Crippen LogP contribution in [-0.4, -0.2) is 38.4 Å². The largest absolute Gasteiger partial charge is 0.475 e. The standard InChI is InChI=1S/C20H16ClN5O3/c21-14-8-6-13(7-9-14)18-25-20(29-26-18)15-16(22)23-17(12-4-2-1-3-5-12)24-19(15)28-11-10-27/h1-9,27H,10-11H2,(H2,22,23,24). The fourth-order valence-electron chi connectivity index (χ4n) is 2.66. The van der Waals surface area contributed by atoms with Crippen LogP contribution in [0.15, 0.2) is 59.1 Å². The maximum absolute atomic E-state index is 9.16. The highest BCUT2D eigenvalue weighted by Gasteiger charge is 2.22. The van der Waals surface area contributed by atoms with Crippen molar-refractivity contribution >= 4 is 17.4 Å². The molecule has 8 nitrogen and oxygen atoms in total. The lowest BCUT2D eigenvalue weighted by atomic mass is 10.2. The quantitative estimate of drug-likeness (QED) is 0.496. The predicted molar refractivity (Wildman–Crippen MR) is 108 cm³/mol. The molecule has 0 spiro atoms. The number of benzene rings is 2. The second-order valence-electron chi connectivity index (χ2n) is 5.98. The summed E-state index contributed by atoms with van der Waals surface area (Å²) in [6, 6.07) is 16.4. The molecule has 29 heavy (non-hydrogen) atoms. The molecule has 0 aliphatic heterocycles. The number of hydrogen-bond donors (Lipinski definition) is 2. The van der Waals surface area contributed by atoms with Gasteiger partial charge in [-0.2, -0.15) is 9.97 Å². The summed E-state index contributed by atoms with van der Waals surface area (Å²) in [6.07, 6.45) is 0. The molecule has 4 rings (SSSR count). The Balaban J connectivity index is 1.77. The van der Waals surface area contributed by atoms with Crippen molar-refractivity contribution in [3.63, 3.8) is 0 Å². The molecule has 0 aliphatic carbocycles. The minimum absolute atomic E-state index is 0.0237. The van der Waals surface area contributed by atoms with E-state index in [0.717, 1.165) is 11.1 Å². The van der Waals surface area contributed by atoms with Gasteiger partial charge in [-0.15, -0.1) is 0 Å². The fourth-order valence-corrected chi connectivity index (χ4v) is 2.79. The van der Waals surface area contributed by atoms with E-state index in [1.54, 1.807) is 24.3 Å². The molecule has 0 radical (unpaired) electrons. The average molecular weight is 410 g/mol. The molecular weight excluding hydrogens is 394 g/mol. The van der Waals surface area contributed by atoms with Crippen LogP contribution in [0.3, 0.4) is 0 Å². The number of nitrogen functional groups attached to an aromatic ring is 1. The third-order valence-corrected chi connectivity index (χ3v) is 4.26. The van der Waals surface area contributed by atoms with Crippen LogP contribution in [0.2, 0.25) is 5.02 Å². The lowest BCUT2D eigenvalue weighted by Gasteiger charge is -2.11. The average Bonchev–Trinajstić information content (AvgIpc) is 3.22. The second kappa shape index (κ2) is 8.26. The summed E-state index contributed by atoms with van der Waals surface area (Å²) in [5.41, 5.74) is 7.96. The van der Waals surface area contributed by atoms with Gasteiger partial charge < -0.3 is 20.1 Å². The van der Waals surface area contributed by atoms with Gasteiger partial charge in [-0.1, -0.05) is 47.1 Å².